The van der Waals surface area contributed by atoms with Crippen LogP contribution in [-0.2, 0) is 11.8 Å². The number of hydrogen-bond donors (Lipinski definition) is 6. The van der Waals surface area contributed by atoms with Crippen LogP contribution in [0.3, 0.4) is 0 Å². The molecule has 0 aromatic rings. The Morgan fingerprint density at radius 2 is 1.05 bits per heavy atom. The van der Waals surface area contributed by atoms with Gasteiger partial charge in [-0.25, -0.2) is 0 Å². The van der Waals surface area contributed by atoms with Gasteiger partial charge >= 0.3 is 6.72 Å². The first-order valence-electron chi connectivity index (χ1n) is 7.85. The number of hydrogen-bond acceptors (Lipinski definition) is 4. The minimum atomic E-state index is -3.81. The van der Waals surface area contributed by atoms with Crippen molar-refractivity contribution in [2.75, 3.05) is 19.8 Å². The summed E-state index contributed by atoms with van der Waals surface area (Å²) in [5.41, 5.74) is -0.664. The molecular weight excluding hydrogens is 327 g/mol. The van der Waals surface area contributed by atoms with Crippen LogP contribution in [0.5, 0.6) is 0 Å². The molecule has 0 unspecified atom stereocenters. The Balaban J connectivity index is 0. The molecule has 8 heteroatoms. The van der Waals surface area contributed by atoms with Gasteiger partial charge in [-0.05, 0) is 18.2 Å². The molecule has 0 atom stereocenters. The highest BCUT2D eigenvalue weighted by molar-refractivity contribution is 8.06. The van der Waals surface area contributed by atoms with Crippen LogP contribution in [0, 0.1) is 5.41 Å². The topological polar surface area (TPSA) is 121 Å². The van der Waals surface area contributed by atoms with Crippen molar-refractivity contribution in [3.05, 3.63) is 0 Å². The first kappa shape index (κ1) is 24.7. The molecule has 6 nitrogen and oxygen atoms in total. The zero-order chi connectivity index (χ0) is 17.5. The van der Waals surface area contributed by atoms with E-state index in [1.165, 1.54) is 38.5 Å². The van der Waals surface area contributed by atoms with Crippen LogP contribution in [0.1, 0.15) is 64.7 Å². The van der Waals surface area contributed by atoms with Gasteiger partial charge in [-0.1, -0.05) is 58.3 Å². The van der Waals surface area contributed by atoms with E-state index >= 15 is 0 Å². The normalized spacial score (nSPS) is 12.0. The standard InChI is InChI=1S/C14H30O3.H3O3PS/c1-2-3-4-5-6-7-8-9-10-14(11-15,12-16)13-17;1-4(2,3)5/h15-17H,2-13H2,1H3;(H3,1,2,3,5). The molecule has 0 radical (unpaired) electrons. The van der Waals surface area contributed by atoms with E-state index in [0.717, 1.165) is 12.8 Å². The van der Waals surface area contributed by atoms with Gasteiger partial charge in [-0.2, -0.15) is 0 Å². The van der Waals surface area contributed by atoms with Crippen LogP contribution in [0.2, 0.25) is 0 Å². The van der Waals surface area contributed by atoms with Crippen molar-refractivity contribution in [2.24, 2.45) is 5.41 Å². The molecule has 136 valence electrons. The van der Waals surface area contributed by atoms with Crippen molar-refractivity contribution in [1.82, 2.24) is 0 Å². The molecule has 0 aromatic heterocycles. The summed E-state index contributed by atoms with van der Waals surface area (Å²) in [6, 6.07) is 0. The summed E-state index contributed by atoms with van der Waals surface area (Å²) in [7, 11) is 0. The Hall–Kier alpha value is 0.410. The predicted molar refractivity (Wildman–Crippen MR) is 91.9 cm³/mol. The smallest absolute Gasteiger partial charge is 0.319 e. The Labute approximate surface area is 139 Å². The lowest BCUT2D eigenvalue weighted by Gasteiger charge is -2.27. The van der Waals surface area contributed by atoms with E-state index in [-0.39, 0.29) is 19.8 Å². The Morgan fingerprint density at radius 1 is 0.727 bits per heavy atom. The molecule has 0 aliphatic rings. The molecular formula is C14H33O6PS. The van der Waals surface area contributed by atoms with E-state index in [2.05, 4.69) is 18.7 Å². The third-order valence-electron chi connectivity index (χ3n) is 3.57. The first-order valence-corrected chi connectivity index (χ1v) is 10.5. The zero-order valence-electron chi connectivity index (χ0n) is 13.5. The third kappa shape index (κ3) is 18.5. The largest absolute Gasteiger partial charge is 0.396 e. The molecule has 0 spiro atoms. The summed E-state index contributed by atoms with van der Waals surface area (Å²) < 4.78 is 0. The molecule has 0 aliphatic carbocycles. The van der Waals surface area contributed by atoms with Crippen molar-refractivity contribution >= 4 is 18.5 Å². The van der Waals surface area contributed by atoms with Crippen LogP contribution in [-0.4, -0.2) is 49.8 Å². The summed E-state index contributed by atoms with van der Waals surface area (Å²) in [6.45, 7) is -1.97. The van der Waals surface area contributed by atoms with Crippen LogP contribution < -0.4 is 0 Å². The predicted octanol–water partition coefficient (Wildman–Crippen LogP) is 1.67. The minimum Gasteiger partial charge on any atom is -0.396 e. The van der Waals surface area contributed by atoms with Gasteiger partial charge in [0.05, 0.1) is 19.8 Å². The van der Waals surface area contributed by atoms with Gasteiger partial charge in [-0.15, -0.1) is 0 Å². The summed E-state index contributed by atoms with van der Waals surface area (Å²) in [5, 5.41) is 27.5. The number of aliphatic hydroxyl groups excluding tert-OH is 3. The molecule has 0 saturated carbocycles. The van der Waals surface area contributed by atoms with Crippen molar-refractivity contribution in [2.45, 2.75) is 64.7 Å². The molecule has 6 N–H and O–H groups in total. The fourth-order valence-corrected chi connectivity index (χ4v) is 2.02. The minimum absolute atomic E-state index is 0.128. The van der Waals surface area contributed by atoms with Gasteiger partial charge in [-0.3, -0.25) is 0 Å². The van der Waals surface area contributed by atoms with Crippen molar-refractivity contribution < 1.29 is 30.0 Å². The first-order chi connectivity index (χ1) is 10.2. The Kier molecular flexibility index (Phi) is 16.8. The van der Waals surface area contributed by atoms with Gasteiger partial charge in [0.1, 0.15) is 0 Å². The maximum absolute atomic E-state index is 9.16. The lowest BCUT2D eigenvalue weighted by atomic mass is 9.85. The maximum Gasteiger partial charge on any atom is 0.319 e. The molecule has 0 aromatic carbocycles. The van der Waals surface area contributed by atoms with Crippen molar-refractivity contribution in [1.29, 1.82) is 0 Å². The van der Waals surface area contributed by atoms with E-state index in [1.807, 2.05) is 0 Å². The fraction of sp³-hybridized carbons (Fsp3) is 1.00. The summed E-state index contributed by atoms with van der Waals surface area (Å²) >= 11 is 3.60. The van der Waals surface area contributed by atoms with Gasteiger partial charge in [0, 0.05) is 5.41 Å². The van der Waals surface area contributed by atoms with Crippen LogP contribution in [0.15, 0.2) is 0 Å². The fourth-order valence-electron chi connectivity index (χ4n) is 2.02. The molecule has 0 heterocycles. The molecule has 0 fully saturated rings. The van der Waals surface area contributed by atoms with E-state index in [4.69, 9.17) is 30.0 Å². The highest BCUT2D eigenvalue weighted by Gasteiger charge is 2.26. The van der Waals surface area contributed by atoms with Crippen LogP contribution in [0.4, 0.5) is 0 Å². The van der Waals surface area contributed by atoms with E-state index in [9.17, 15) is 0 Å². The average Bonchev–Trinajstić information content (AvgIpc) is 2.45. The Bertz CT molecular complexity index is 264. The van der Waals surface area contributed by atoms with Crippen molar-refractivity contribution in [3.63, 3.8) is 0 Å². The second kappa shape index (κ2) is 15.0. The zero-order valence-corrected chi connectivity index (χ0v) is 15.2. The van der Waals surface area contributed by atoms with Crippen LogP contribution in [0.25, 0.3) is 0 Å². The van der Waals surface area contributed by atoms with E-state index < -0.39 is 12.1 Å². The van der Waals surface area contributed by atoms with Gasteiger partial charge in [0.2, 0.25) is 0 Å². The summed E-state index contributed by atoms with van der Waals surface area (Å²) in [6.07, 6.45) is 10.6. The SMILES string of the molecule is CCCCCCCCCCC(CO)(CO)CO.OP(O)(O)=S. The van der Waals surface area contributed by atoms with Gasteiger partial charge in [0.15, 0.2) is 0 Å². The highest BCUT2D eigenvalue weighted by Crippen LogP contribution is 2.26. The molecule has 0 amide bonds. The number of rotatable bonds is 12. The van der Waals surface area contributed by atoms with E-state index in [0.29, 0.717) is 6.42 Å². The quantitative estimate of drug-likeness (QED) is 0.231. The third-order valence-corrected chi connectivity index (χ3v) is 3.57. The molecule has 0 bridgehead atoms. The second-order valence-corrected chi connectivity index (χ2v) is 8.21. The van der Waals surface area contributed by atoms with Gasteiger partial charge in [0.25, 0.3) is 0 Å². The Morgan fingerprint density at radius 3 is 1.36 bits per heavy atom. The molecule has 0 rings (SSSR count). The maximum atomic E-state index is 9.16. The second-order valence-electron chi connectivity index (χ2n) is 5.71. The number of aliphatic hydroxyl groups is 3. The monoisotopic (exact) mass is 360 g/mol. The highest BCUT2D eigenvalue weighted by atomic mass is 32.5. The average molecular weight is 360 g/mol. The molecule has 0 saturated heterocycles. The van der Waals surface area contributed by atoms with Crippen molar-refractivity contribution in [3.8, 4) is 0 Å². The summed E-state index contributed by atoms with van der Waals surface area (Å²) in [4.78, 5) is 22.7. The van der Waals surface area contributed by atoms with Gasteiger partial charge < -0.3 is 30.0 Å². The lowest BCUT2D eigenvalue weighted by Crippen LogP contribution is -2.33. The summed E-state index contributed by atoms with van der Waals surface area (Å²) in [5.74, 6) is 0. The van der Waals surface area contributed by atoms with E-state index in [1.54, 1.807) is 0 Å². The molecule has 0 aliphatic heterocycles. The lowest BCUT2D eigenvalue weighted by molar-refractivity contribution is -0.00230. The number of unbranched alkanes of at least 4 members (excludes halogenated alkanes) is 7. The molecule has 22 heavy (non-hydrogen) atoms. The van der Waals surface area contributed by atoms with Crippen LogP contribution >= 0.6 is 6.72 Å².